The molecule has 0 amide bonds. The van der Waals surface area contributed by atoms with Crippen molar-refractivity contribution in [3.8, 4) is 0 Å². The zero-order chi connectivity index (χ0) is 12.3. The summed E-state index contributed by atoms with van der Waals surface area (Å²) in [5.74, 6) is 1.57. The van der Waals surface area contributed by atoms with E-state index in [1.165, 1.54) is 0 Å². The second-order valence-electron chi connectivity index (χ2n) is 4.03. The minimum absolute atomic E-state index is 0.722. The molecular weight excluding hydrogens is 212 g/mol. The number of anilines is 1. The molecule has 0 saturated heterocycles. The molecule has 1 heterocycles. The fourth-order valence-electron chi connectivity index (χ4n) is 1.59. The van der Waals surface area contributed by atoms with Crippen LogP contribution in [0.25, 0.3) is 12.2 Å². The lowest BCUT2D eigenvalue weighted by molar-refractivity contribution is 0.749. The van der Waals surface area contributed by atoms with E-state index in [1.807, 2.05) is 68.5 Å². The number of hydrogen-bond acceptors (Lipinski definition) is 3. The topological polar surface area (TPSA) is 34.0 Å². The molecule has 0 spiro atoms. The standard InChI is InChI=1S/C13H16N4/c1-16(2)13-14-12(15-17(13)3)10-9-11-7-5-4-6-8-11/h4-10H,1-3H3. The predicted molar refractivity (Wildman–Crippen MR) is 70.7 cm³/mol. The van der Waals surface area contributed by atoms with Gasteiger partial charge in [0.15, 0.2) is 5.82 Å². The van der Waals surface area contributed by atoms with Gasteiger partial charge in [-0.15, -0.1) is 0 Å². The van der Waals surface area contributed by atoms with E-state index in [4.69, 9.17) is 0 Å². The Morgan fingerprint density at radius 1 is 1.12 bits per heavy atom. The highest BCUT2D eigenvalue weighted by molar-refractivity contribution is 5.66. The zero-order valence-electron chi connectivity index (χ0n) is 10.3. The maximum absolute atomic E-state index is 4.42. The van der Waals surface area contributed by atoms with Crippen molar-refractivity contribution in [2.75, 3.05) is 19.0 Å². The lowest BCUT2D eigenvalue weighted by Gasteiger charge is -2.08. The van der Waals surface area contributed by atoms with Crippen LogP contribution >= 0.6 is 0 Å². The highest BCUT2D eigenvalue weighted by Gasteiger charge is 2.05. The average Bonchev–Trinajstić information content (AvgIpc) is 2.69. The van der Waals surface area contributed by atoms with Gasteiger partial charge in [-0.25, -0.2) is 4.68 Å². The van der Waals surface area contributed by atoms with E-state index in [0.29, 0.717) is 0 Å². The normalized spacial score (nSPS) is 11.0. The molecule has 0 bridgehead atoms. The number of rotatable bonds is 3. The van der Waals surface area contributed by atoms with Crippen LogP contribution in [0.3, 0.4) is 0 Å². The van der Waals surface area contributed by atoms with Crippen LogP contribution in [0.5, 0.6) is 0 Å². The highest BCUT2D eigenvalue weighted by Crippen LogP contribution is 2.09. The van der Waals surface area contributed by atoms with Crippen LogP contribution in [0.4, 0.5) is 5.95 Å². The van der Waals surface area contributed by atoms with Gasteiger partial charge in [-0.1, -0.05) is 36.4 Å². The summed E-state index contributed by atoms with van der Waals surface area (Å²) in [5, 5.41) is 4.32. The molecule has 2 aromatic rings. The molecule has 4 nitrogen and oxygen atoms in total. The first-order valence-corrected chi connectivity index (χ1v) is 5.48. The van der Waals surface area contributed by atoms with Gasteiger partial charge in [0, 0.05) is 21.1 Å². The number of aromatic nitrogens is 3. The van der Waals surface area contributed by atoms with Crippen molar-refractivity contribution in [2.24, 2.45) is 7.05 Å². The molecule has 0 aliphatic carbocycles. The lowest BCUT2D eigenvalue weighted by atomic mass is 10.2. The van der Waals surface area contributed by atoms with Crippen LogP contribution in [0.15, 0.2) is 30.3 Å². The van der Waals surface area contributed by atoms with Gasteiger partial charge in [0.05, 0.1) is 0 Å². The molecule has 0 radical (unpaired) electrons. The van der Waals surface area contributed by atoms with Crippen molar-refractivity contribution in [3.63, 3.8) is 0 Å². The van der Waals surface area contributed by atoms with E-state index >= 15 is 0 Å². The predicted octanol–water partition coefficient (Wildman–Crippen LogP) is 2.05. The number of nitrogens with zero attached hydrogens (tertiary/aromatic N) is 4. The molecule has 4 heteroatoms. The molecule has 17 heavy (non-hydrogen) atoms. The maximum Gasteiger partial charge on any atom is 0.223 e. The third-order valence-corrected chi connectivity index (χ3v) is 2.38. The van der Waals surface area contributed by atoms with Crippen molar-refractivity contribution in [1.82, 2.24) is 14.8 Å². The van der Waals surface area contributed by atoms with E-state index in [2.05, 4.69) is 10.1 Å². The van der Waals surface area contributed by atoms with E-state index < -0.39 is 0 Å². The van der Waals surface area contributed by atoms with Gasteiger partial charge in [-0.3, -0.25) is 0 Å². The Labute approximate surface area is 101 Å². The first-order valence-electron chi connectivity index (χ1n) is 5.48. The van der Waals surface area contributed by atoms with Crippen LogP contribution in [0.1, 0.15) is 11.4 Å². The highest BCUT2D eigenvalue weighted by atomic mass is 15.4. The molecular formula is C13H16N4. The molecule has 0 aliphatic rings. The van der Waals surface area contributed by atoms with Crippen molar-refractivity contribution < 1.29 is 0 Å². The van der Waals surface area contributed by atoms with Crippen molar-refractivity contribution in [1.29, 1.82) is 0 Å². The summed E-state index contributed by atoms with van der Waals surface area (Å²) >= 11 is 0. The lowest BCUT2D eigenvalue weighted by Crippen LogP contribution is -2.14. The average molecular weight is 228 g/mol. The molecule has 1 aromatic carbocycles. The van der Waals surface area contributed by atoms with E-state index in [-0.39, 0.29) is 0 Å². The van der Waals surface area contributed by atoms with Gasteiger partial charge in [0.2, 0.25) is 5.95 Å². The molecule has 0 atom stereocenters. The molecule has 0 N–H and O–H groups in total. The Balaban J connectivity index is 2.20. The van der Waals surface area contributed by atoms with Crippen LogP contribution in [0.2, 0.25) is 0 Å². The third kappa shape index (κ3) is 2.72. The SMILES string of the molecule is CN(C)c1nc(C=Cc2ccccc2)nn1C. The third-order valence-electron chi connectivity index (χ3n) is 2.38. The van der Waals surface area contributed by atoms with Crippen LogP contribution in [-0.4, -0.2) is 28.9 Å². The first-order chi connectivity index (χ1) is 8.16. The van der Waals surface area contributed by atoms with Crippen molar-refractivity contribution in [2.45, 2.75) is 0 Å². The zero-order valence-corrected chi connectivity index (χ0v) is 10.3. The van der Waals surface area contributed by atoms with Crippen molar-refractivity contribution >= 4 is 18.1 Å². The Morgan fingerprint density at radius 2 is 1.82 bits per heavy atom. The van der Waals surface area contributed by atoms with Gasteiger partial charge < -0.3 is 4.90 Å². The first kappa shape index (κ1) is 11.4. The Kier molecular flexibility index (Phi) is 3.23. The molecule has 2 rings (SSSR count). The summed E-state index contributed by atoms with van der Waals surface area (Å²) < 4.78 is 1.77. The largest absolute Gasteiger partial charge is 0.347 e. The summed E-state index contributed by atoms with van der Waals surface area (Å²) in [6.07, 6.45) is 3.93. The summed E-state index contributed by atoms with van der Waals surface area (Å²) in [6.45, 7) is 0. The second-order valence-corrected chi connectivity index (χ2v) is 4.03. The van der Waals surface area contributed by atoms with Gasteiger partial charge in [-0.2, -0.15) is 10.1 Å². The van der Waals surface area contributed by atoms with Crippen molar-refractivity contribution in [3.05, 3.63) is 41.7 Å². The fraction of sp³-hybridized carbons (Fsp3) is 0.231. The Hall–Kier alpha value is -2.10. The molecule has 0 unspecified atom stereocenters. The monoisotopic (exact) mass is 228 g/mol. The Bertz CT molecular complexity index is 511. The van der Waals surface area contributed by atoms with Gasteiger partial charge >= 0.3 is 0 Å². The minimum atomic E-state index is 0.722. The number of hydrogen-bond donors (Lipinski definition) is 0. The summed E-state index contributed by atoms with van der Waals surface area (Å²) in [4.78, 5) is 6.35. The molecule has 88 valence electrons. The Morgan fingerprint density at radius 3 is 2.41 bits per heavy atom. The maximum atomic E-state index is 4.42. The van der Waals surface area contributed by atoms with E-state index in [9.17, 15) is 0 Å². The number of benzene rings is 1. The number of aryl methyl sites for hydroxylation is 1. The van der Waals surface area contributed by atoms with Gasteiger partial charge in [0.25, 0.3) is 0 Å². The summed E-state index contributed by atoms with van der Waals surface area (Å²) in [7, 11) is 5.80. The quantitative estimate of drug-likeness (QED) is 0.806. The van der Waals surface area contributed by atoms with Crippen LogP contribution in [0, 0.1) is 0 Å². The summed E-state index contributed by atoms with van der Waals surface area (Å²) in [5.41, 5.74) is 1.14. The van der Waals surface area contributed by atoms with Gasteiger partial charge in [-0.05, 0) is 11.6 Å². The van der Waals surface area contributed by atoms with E-state index in [1.54, 1.807) is 4.68 Å². The molecule has 1 aromatic heterocycles. The van der Waals surface area contributed by atoms with Gasteiger partial charge in [0.1, 0.15) is 0 Å². The molecule has 0 saturated carbocycles. The molecule has 0 aliphatic heterocycles. The molecule has 0 fully saturated rings. The minimum Gasteiger partial charge on any atom is -0.347 e. The second kappa shape index (κ2) is 4.82. The smallest absolute Gasteiger partial charge is 0.223 e. The van der Waals surface area contributed by atoms with E-state index in [0.717, 1.165) is 17.3 Å². The van der Waals surface area contributed by atoms with Crippen LogP contribution < -0.4 is 4.90 Å². The fourth-order valence-corrected chi connectivity index (χ4v) is 1.59. The van der Waals surface area contributed by atoms with Crippen LogP contribution in [-0.2, 0) is 7.05 Å². The summed E-state index contributed by atoms with van der Waals surface area (Å²) in [6, 6.07) is 10.1.